The number of benzene rings is 2. The minimum Gasteiger partial charge on any atom is -0.491 e. The molecule has 37 heavy (non-hydrogen) atoms. The van der Waals surface area contributed by atoms with E-state index in [-0.39, 0.29) is 31.1 Å². The lowest BCUT2D eigenvalue weighted by Crippen LogP contribution is -2.31. The Morgan fingerprint density at radius 1 is 0.946 bits per heavy atom. The Morgan fingerprint density at radius 2 is 1.57 bits per heavy atom. The third kappa shape index (κ3) is 10.3. The van der Waals surface area contributed by atoms with E-state index in [0.717, 1.165) is 14.7 Å². The summed E-state index contributed by atoms with van der Waals surface area (Å²) >= 11 is 8.08. The van der Waals surface area contributed by atoms with Crippen LogP contribution in [0.3, 0.4) is 0 Å². The van der Waals surface area contributed by atoms with Gasteiger partial charge in [0, 0.05) is 19.3 Å². The first-order valence-corrected chi connectivity index (χ1v) is 13.4. The molecule has 2 rings (SSSR count). The number of aliphatic hydroxyl groups excluding tert-OH is 1. The molecular formula is C27H34ClIO8. The van der Waals surface area contributed by atoms with Crippen LogP contribution >= 0.6 is 34.2 Å². The van der Waals surface area contributed by atoms with Gasteiger partial charge in [-0.3, -0.25) is 9.59 Å². The van der Waals surface area contributed by atoms with E-state index in [1.807, 2.05) is 36.4 Å². The molecular weight excluding hydrogens is 615 g/mol. The van der Waals surface area contributed by atoms with Crippen molar-refractivity contribution in [2.24, 2.45) is 0 Å². The summed E-state index contributed by atoms with van der Waals surface area (Å²) in [5, 5.41) is 9.50. The van der Waals surface area contributed by atoms with Gasteiger partial charge >= 0.3 is 11.9 Å². The van der Waals surface area contributed by atoms with Gasteiger partial charge in [0.25, 0.3) is 0 Å². The van der Waals surface area contributed by atoms with E-state index in [9.17, 15) is 14.7 Å². The molecule has 8 nitrogen and oxygen atoms in total. The molecule has 0 spiro atoms. The highest BCUT2D eigenvalue weighted by Gasteiger charge is 2.25. The molecule has 204 valence electrons. The van der Waals surface area contributed by atoms with E-state index in [1.165, 1.54) is 20.8 Å². The maximum absolute atomic E-state index is 11.2. The Bertz CT molecular complexity index is 1030. The number of hydrogen-bond donors (Lipinski definition) is 1. The monoisotopic (exact) mass is 648 g/mol. The highest BCUT2D eigenvalue weighted by Crippen LogP contribution is 2.35. The van der Waals surface area contributed by atoms with Crippen LogP contribution in [-0.4, -0.2) is 61.2 Å². The second-order valence-corrected chi connectivity index (χ2v) is 10.4. The molecule has 2 aromatic carbocycles. The predicted molar refractivity (Wildman–Crippen MR) is 148 cm³/mol. The normalized spacial score (nSPS) is 13.8. The Balaban J connectivity index is 2.05. The third-order valence-corrected chi connectivity index (χ3v) is 6.64. The summed E-state index contributed by atoms with van der Waals surface area (Å²) in [6.45, 7) is 8.67. The van der Waals surface area contributed by atoms with Gasteiger partial charge in [0.2, 0.25) is 0 Å². The molecule has 0 saturated carbocycles. The van der Waals surface area contributed by atoms with E-state index < -0.39 is 30.4 Å². The summed E-state index contributed by atoms with van der Waals surface area (Å²) in [6.07, 6.45) is -2.12. The molecule has 10 heteroatoms. The van der Waals surface area contributed by atoms with Crippen LogP contribution < -0.4 is 9.47 Å². The van der Waals surface area contributed by atoms with Gasteiger partial charge in [0.15, 0.2) is 6.29 Å². The number of aliphatic hydroxyl groups is 1. The molecule has 1 N–H and O–H groups in total. The lowest BCUT2D eigenvalue weighted by Gasteiger charge is -2.27. The third-order valence-electron chi connectivity index (χ3n) is 5.46. The van der Waals surface area contributed by atoms with Gasteiger partial charge in [-0.25, -0.2) is 0 Å². The van der Waals surface area contributed by atoms with Gasteiger partial charge in [-0.05, 0) is 64.9 Å². The SMILES string of the molecule is CC(=O)OC[C@H](COc1ccc(C(C)(C)c2ccc(OC[C@H](CCl)OC(C)=O)c(I)c2)cc1)OC(C)O. The summed E-state index contributed by atoms with van der Waals surface area (Å²) in [7, 11) is 0. The molecule has 0 heterocycles. The van der Waals surface area contributed by atoms with Crippen LogP contribution in [0, 0.1) is 3.57 Å². The number of hydrogen-bond acceptors (Lipinski definition) is 8. The number of rotatable bonds is 14. The summed E-state index contributed by atoms with van der Waals surface area (Å²) in [6, 6.07) is 13.7. The second kappa shape index (κ2) is 14.8. The van der Waals surface area contributed by atoms with Crippen LogP contribution in [0.2, 0.25) is 0 Å². The summed E-state index contributed by atoms with van der Waals surface area (Å²) < 4.78 is 28.0. The smallest absolute Gasteiger partial charge is 0.303 e. The molecule has 0 aliphatic rings. The minimum absolute atomic E-state index is 0.0139. The lowest BCUT2D eigenvalue weighted by molar-refractivity contribution is -0.164. The van der Waals surface area contributed by atoms with Crippen LogP contribution in [0.5, 0.6) is 11.5 Å². The maximum Gasteiger partial charge on any atom is 0.303 e. The van der Waals surface area contributed by atoms with Crippen molar-refractivity contribution in [3.8, 4) is 11.5 Å². The Morgan fingerprint density at radius 3 is 2.11 bits per heavy atom. The van der Waals surface area contributed by atoms with Crippen LogP contribution in [0.25, 0.3) is 0 Å². The lowest BCUT2D eigenvalue weighted by atomic mass is 9.78. The maximum atomic E-state index is 11.2. The Kier molecular flexibility index (Phi) is 12.4. The van der Waals surface area contributed by atoms with Gasteiger partial charge < -0.3 is 28.8 Å². The number of alkyl halides is 1. The Labute approximate surface area is 236 Å². The molecule has 2 aromatic rings. The zero-order chi connectivity index (χ0) is 27.6. The van der Waals surface area contributed by atoms with Crippen molar-refractivity contribution in [2.45, 2.75) is 58.5 Å². The first-order valence-electron chi connectivity index (χ1n) is 11.8. The van der Waals surface area contributed by atoms with Crippen molar-refractivity contribution in [3.05, 3.63) is 57.2 Å². The predicted octanol–water partition coefficient (Wildman–Crippen LogP) is 4.83. The van der Waals surface area contributed by atoms with Gasteiger partial charge in [-0.15, -0.1) is 11.6 Å². The average molecular weight is 649 g/mol. The second-order valence-electron chi connectivity index (χ2n) is 8.96. The zero-order valence-corrected chi connectivity index (χ0v) is 24.6. The molecule has 0 aliphatic carbocycles. The average Bonchev–Trinajstić information content (AvgIpc) is 2.83. The van der Waals surface area contributed by atoms with Crippen molar-refractivity contribution in [1.29, 1.82) is 0 Å². The van der Waals surface area contributed by atoms with Crippen LogP contribution in [-0.2, 0) is 29.2 Å². The first-order chi connectivity index (χ1) is 17.4. The van der Waals surface area contributed by atoms with Gasteiger partial charge in [-0.2, -0.15) is 0 Å². The molecule has 3 atom stereocenters. The standard InChI is InChI=1S/C27H34ClIO8/c1-17(30)33-15-24(37-19(3)32)16-34-22-9-6-20(7-10-22)27(4,5)21-8-11-26(25(29)12-21)35-14-23(13-28)36-18(2)31/h6-12,19,23-24,32H,13-16H2,1-5H3/t19?,23-,24+/m0/s1. The molecule has 1 unspecified atom stereocenters. The molecule has 0 aliphatic heterocycles. The van der Waals surface area contributed by atoms with Gasteiger partial charge in [0.1, 0.15) is 43.5 Å². The van der Waals surface area contributed by atoms with Gasteiger partial charge in [-0.1, -0.05) is 32.0 Å². The number of esters is 2. The first kappa shape index (κ1) is 31.1. The Hall–Kier alpha value is -2.08. The van der Waals surface area contributed by atoms with Crippen LogP contribution in [0.15, 0.2) is 42.5 Å². The van der Waals surface area contributed by atoms with E-state index in [0.29, 0.717) is 11.5 Å². The summed E-state index contributed by atoms with van der Waals surface area (Å²) in [4.78, 5) is 22.3. The fourth-order valence-corrected chi connectivity index (χ4v) is 4.30. The van der Waals surface area contributed by atoms with Crippen molar-refractivity contribution in [1.82, 2.24) is 0 Å². The summed E-state index contributed by atoms with van der Waals surface area (Å²) in [5.41, 5.74) is 1.87. The van der Waals surface area contributed by atoms with E-state index in [1.54, 1.807) is 0 Å². The van der Waals surface area contributed by atoms with Crippen molar-refractivity contribution in [2.75, 3.05) is 25.7 Å². The van der Waals surface area contributed by atoms with Gasteiger partial charge in [0.05, 0.1) is 9.45 Å². The van der Waals surface area contributed by atoms with E-state index in [4.69, 9.17) is 35.3 Å². The van der Waals surface area contributed by atoms with Crippen LogP contribution in [0.1, 0.15) is 45.7 Å². The molecule has 0 aromatic heterocycles. The molecule has 0 radical (unpaired) electrons. The fourth-order valence-electron chi connectivity index (χ4n) is 3.47. The van der Waals surface area contributed by atoms with Crippen LogP contribution in [0.4, 0.5) is 0 Å². The molecule has 0 bridgehead atoms. The van der Waals surface area contributed by atoms with E-state index in [2.05, 4.69) is 42.5 Å². The zero-order valence-electron chi connectivity index (χ0n) is 21.7. The van der Waals surface area contributed by atoms with E-state index >= 15 is 0 Å². The van der Waals surface area contributed by atoms with Crippen molar-refractivity contribution >= 4 is 46.1 Å². The highest BCUT2D eigenvalue weighted by molar-refractivity contribution is 14.1. The number of halogens is 2. The fraction of sp³-hybridized carbons (Fsp3) is 0.481. The number of ether oxygens (including phenoxy) is 5. The van der Waals surface area contributed by atoms with Crippen molar-refractivity contribution in [3.63, 3.8) is 0 Å². The van der Waals surface area contributed by atoms with Crippen molar-refractivity contribution < 1.29 is 38.4 Å². The topological polar surface area (TPSA) is 101 Å². The highest BCUT2D eigenvalue weighted by atomic mass is 127. The largest absolute Gasteiger partial charge is 0.491 e. The number of carbonyl (C=O) groups is 2. The minimum atomic E-state index is -1.01. The molecule has 0 amide bonds. The number of carbonyl (C=O) groups excluding carboxylic acids is 2. The molecule has 0 saturated heterocycles. The quantitative estimate of drug-likeness (QED) is 0.135. The molecule has 0 fully saturated rings. The summed E-state index contributed by atoms with van der Waals surface area (Å²) in [5.74, 6) is 0.644.